The lowest BCUT2D eigenvalue weighted by Gasteiger charge is -2.38. The van der Waals surface area contributed by atoms with Gasteiger partial charge in [-0.1, -0.05) is 12.1 Å². The highest BCUT2D eigenvalue weighted by Crippen LogP contribution is 2.35. The summed E-state index contributed by atoms with van der Waals surface area (Å²) in [5.74, 6) is 1.87. The van der Waals surface area contributed by atoms with Crippen molar-refractivity contribution in [2.45, 2.75) is 31.6 Å². The summed E-state index contributed by atoms with van der Waals surface area (Å²) in [6, 6.07) is 8.56. The molecule has 0 unspecified atom stereocenters. The minimum absolute atomic E-state index is 0.102. The van der Waals surface area contributed by atoms with Crippen LogP contribution in [0.4, 0.5) is 0 Å². The first kappa shape index (κ1) is 16.1. The fourth-order valence-corrected chi connectivity index (χ4v) is 3.30. The summed E-state index contributed by atoms with van der Waals surface area (Å²) in [6.07, 6.45) is 3.17. The second-order valence-corrected chi connectivity index (χ2v) is 6.21. The number of nitrogens with zero attached hydrogens (tertiary/aromatic N) is 1. The molecule has 0 bridgehead atoms. The Kier molecular flexibility index (Phi) is 5.39. The van der Waals surface area contributed by atoms with Crippen LogP contribution in [0.1, 0.15) is 31.7 Å². The standard InChI is InChI=1S/C18H27N3O2/c1-2-23-16-6-4-15(5-7-16)18(8-12-22-13-9-18)14-21-17-19-10-3-11-20-17/h4-7H,2-3,8-14H2,1H3,(H2,19,20,21). The number of benzene rings is 1. The minimum Gasteiger partial charge on any atom is -0.494 e. The van der Waals surface area contributed by atoms with Gasteiger partial charge < -0.3 is 20.1 Å². The molecule has 3 rings (SSSR count). The van der Waals surface area contributed by atoms with Crippen molar-refractivity contribution in [3.05, 3.63) is 29.8 Å². The van der Waals surface area contributed by atoms with E-state index >= 15 is 0 Å². The molecule has 1 aromatic carbocycles. The zero-order chi connectivity index (χ0) is 16.0. The number of hydrogen-bond donors (Lipinski definition) is 2. The van der Waals surface area contributed by atoms with Gasteiger partial charge in [0.2, 0.25) is 0 Å². The molecule has 0 radical (unpaired) electrons. The van der Waals surface area contributed by atoms with Crippen LogP contribution < -0.4 is 15.4 Å². The lowest BCUT2D eigenvalue weighted by Crippen LogP contribution is -2.49. The van der Waals surface area contributed by atoms with E-state index in [1.54, 1.807) is 0 Å². The second kappa shape index (κ2) is 7.68. The van der Waals surface area contributed by atoms with Crippen molar-refractivity contribution in [3.63, 3.8) is 0 Å². The average Bonchev–Trinajstić information content (AvgIpc) is 2.63. The van der Waals surface area contributed by atoms with Crippen LogP contribution in [0.25, 0.3) is 0 Å². The highest BCUT2D eigenvalue weighted by Gasteiger charge is 2.34. The first-order valence-electron chi connectivity index (χ1n) is 8.66. The minimum atomic E-state index is 0.102. The number of rotatable bonds is 5. The first-order chi connectivity index (χ1) is 11.3. The average molecular weight is 317 g/mol. The van der Waals surface area contributed by atoms with Crippen LogP contribution in [0.3, 0.4) is 0 Å². The zero-order valence-corrected chi connectivity index (χ0v) is 13.9. The third-order valence-corrected chi connectivity index (χ3v) is 4.72. The fraction of sp³-hybridized carbons (Fsp3) is 0.611. The number of hydrogen-bond acceptors (Lipinski definition) is 5. The summed E-state index contributed by atoms with van der Waals surface area (Å²) in [4.78, 5) is 4.52. The predicted octanol–water partition coefficient (Wildman–Crippen LogP) is 2.07. The summed E-state index contributed by atoms with van der Waals surface area (Å²) < 4.78 is 11.2. The molecule has 0 aromatic heterocycles. The fourth-order valence-electron chi connectivity index (χ4n) is 3.30. The van der Waals surface area contributed by atoms with Gasteiger partial charge in [-0.05, 0) is 43.9 Å². The molecule has 1 fully saturated rings. The number of guanidine groups is 1. The molecule has 1 saturated heterocycles. The Morgan fingerprint density at radius 3 is 2.70 bits per heavy atom. The molecule has 0 saturated carbocycles. The van der Waals surface area contributed by atoms with Gasteiger partial charge in [-0.3, -0.25) is 4.99 Å². The van der Waals surface area contributed by atoms with Crippen molar-refractivity contribution in [2.24, 2.45) is 4.99 Å². The van der Waals surface area contributed by atoms with Gasteiger partial charge in [0.25, 0.3) is 0 Å². The van der Waals surface area contributed by atoms with Gasteiger partial charge in [-0.15, -0.1) is 0 Å². The Balaban J connectivity index is 1.74. The third kappa shape index (κ3) is 3.96. The van der Waals surface area contributed by atoms with Crippen LogP contribution in [-0.4, -0.2) is 45.4 Å². The van der Waals surface area contributed by atoms with Gasteiger partial charge in [0.15, 0.2) is 5.96 Å². The van der Waals surface area contributed by atoms with Crippen LogP contribution in [0.2, 0.25) is 0 Å². The lowest BCUT2D eigenvalue weighted by molar-refractivity contribution is 0.0513. The summed E-state index contributed by atoms with van der Waals surface area (Å²) >= 11 is 0. The number of ether oxygens (including phenoxy) is 2. The molecule has 1 aromatic rings. The smallest absolute Gasteiger partial charge is 0.191 e. The van der Waals surface area contributed by atoms with Gasteiger partial charge in [-0.25, -0.2) is 0 Å². The highest BCUT2D eigenvalue weighted by molar-refractivity contribution is 5.80. The van der Waals surface area contributed by atoms with Crippen LogP contribution in [0.15, 0.2) is 29.3 Å². The van der Waals surface area contributed by atoms with E-state index in [-0.39, 0.29) is 5.41 Å². The van der Waals surface area contributed by atoms with E-state index in [1.807, 2.05) is 6.92 Å². The monoisotopic (exact) mass is 317 g/mol. The maximum Gasteiger partial charge on any atom is 0.191 e. The van der Waals surface area contributed by atoms with Crippen molar-refractivity contribution in [1.29, 1.82) is 0 Å². The van der Waals surface area contributed by atoms with E-state index in [0.29, 0.717) is 6.61 Å². The molecule has 2 aliphatic heterocycles. The van der Waals surface area contributed by atoms with E-state index in [1.165, 1.54) is 5.56 Å². The zero-order valence-electron chi connectivity index (χ0n) is 13.9. The Bertz CT molecular complexity index is 522. The molecule has 23 heavy (non-hydrogen) atoms. The van der Waals surface area contributed by atoms with Crippen LogP contribution in [0, 0.1) is 0 Å². The maximum atomic E-state index is 5.60. The van der Waals surface area contributed by atoms with Gasteiger partial charge in [0, 0.05) is 38.3 Å². The summed E-state index contributed by atoms with van der Waals surface area (Å²) in [7, 11) is 0. The molecule has 5 nitrogen and oxygen atoms in total. The molecule has 5 heteroatoms. The molecule has 0 atom stereocenters. The third-order valence-electron chi connectivity index (χ3n) is 4.72. The Labute approximate surface area is 138 Å². The van der Waals surface area contributed by atoms with Crippen molar-refractivity contribution >= 4 is 5.96 Å². The number of nitrogens with one attached hydrogen (secondary N) is 2. The van der Waals surface area contributed by atoms with E-state index in [2.05, 4.69) is 39.9 Å². The summed E-state index contributed by atoms with van der Waals surface area (Å²) in [6.45, 7) is 7.14. The van der Waals surface area contributed by atoms with Crippen molar-refractivity contribution < 1.29 is 9.47 Å². The summed E-state index contributed by atoms with van der Waals surface area (Å²) in [5, 5.41) is 6.86. The molecule has 0 amide bonds. The molecular formula is C18H27N3O2. The van der Waals surface area contributed by atoms with Crippen LogP contribution in [0.5, 0.6) is 5.75 Å². The van der Waals surface area contributed by atoms with Gasteiger partial charge in [0.05, 0.1) is 6.61 Å². The molecule has 2 N–H and O–H groups in total. The highest BCUT2D eigenvalue weighted by atomic mass is 16.5. The van der Waals surface area contributed by atoms with Crippen molar-refractivity contribution in [3.8, 4) is 5.75 Å². The van der Waals surface area contributed by atoms with Gasteiger partial charge in [-0.2, -0.15) is 0 Å². The van der Waals surface area contributed by atoms with Gasteiger partial charge >= 0.3 is 0 Å². The molecule has 2 aliphatic rings. The second-order valence-electron chi connectivity index (χ2n) is 6.21. The largest absolute Gasteiger partial charge is 0.494 e. The Morgan fingerprint density at radius 1 is 1.26 bits per heavy atom. The molecule has 0 spiro atoms. The van der Waals surface area contributed by atoms with Crippen LogP contribution in [-0.2, 0) is 10.2 Å². The van der Waals surface area contributed by atoms with E-state index < -0.39 is 0 Å². The van der Waals surface area contributed by atoms with E-state index in [0.717, 1.165) is 63.8 Å². The molecule has 2 heterocycles. The summed E-state index contributed by atoms with van der Waals surface area (Å²) in [5.41, 5.74) is 1.46. The van der Waals surface area contributed by atoms with Gasteiger partial charge in [0.1, 0.15) is 5.75 Å². The van der Waals surface area contributed by atoms with E-state index in [4.69, 9.17) is 9.47 Å². The predicted molar refractivity (Wildman–Crippen MR) is 92.3 cm³/mol. The quantitative estimate of drug-likeness (QED) is 0.873. The SMILES string of the molecule is CCOc1ccc(C2(CNC3=NCCCN3)CCOCC2)cc1. The topological polar surface area (TPSA) is 54.9 Å². The Hall–Kier alpha value is -1.75. The normalized spacial score (nSPS) is 20.3. The number of aliphatic imine (C=N–C) groups is 1. The molecule has 0 aliphatic carbocycles. The van der Waals surface area contributed by atoms with E-state index in [9.17, 15) is 0 Å². The Morgan fingerprint density at radius 2 is 2.04 bits per heavy atom. The van der Waals surface area contributed by atoms with Crippen LogP contribution >= 0.6 is 0 Å². The van der Waals surface area contributed by atoms with Crippen molar-refractivity contribution in [1.82, 2.24) is 10.6 Å². The first-order valence-corrected chi connectivity index (χ1v) is 8.66. The molecule has 126 valence electrons. The molecular weight excluding hydrogens is 290 g/mol. The maximum absolute atomic E-state index is 5.60. The lowest BCUT2D eigenvalue weighted by atomic mass is 9.74. The van der Waals surface area contributed by atoms with Crippen molar-refractivity contribution in [2.75, 3.05) is 39.5 Å².